The highest BCUT2D eigenvalue weighted by atomic mass is 32.7. The summed E-state index contributed by atoms with van der Waals surface area (Å²) in [6.07, 6.45) is -8.50. The van der Waals surface area contributed by atoms with E-state index in [-0.39, 0.29) is 40.3 Å². The van der Waals surface area contributed by atoms with E-state index in [1.165, 1.54) is 50.6 Å². The Bertz CT molecular complexity index is 1710. The summed E-state index contributed by atoms with van der Waals surface area (Å²) in [5.41, 5.74) is 1.51. The molecule has 2 aromatic heterocycles. The lowest BCUT2D eigenvalue weighted by Gasteiger charge is -2.31. The van der Waals surface area contributed by atoms with Crippen molar-refractivity contribution in [3.8, 4) is 23.0 Å². The number of hydrogen-bond donors (Lipinski definition) is 4. The van der Waals surface area contributed by atoms with E-state index in [0.29, 0.717) is 11.5 Å². The fourth-order valence-corrected chi connectivity index (χ4v) is 6.57. The maximum Gasteiger partial charge on any atom is 0.478 e. The minimum atomic E-state index is -4.54. The molecule has 4 aromatic rings. The summed E-state index contributed by atoms with van der Waals surface area (Å²) < 4.78 is 76.5. The summed E-state index contributed by atoms with van der Waals surface area (Å²) in [4.78, 5) is 22.2. The number of methoxy groups -OCH3 is 2. The van der Waals surface area contributed by atoms with Gasteiger partial charge in [-0.05, 0) is 48.5 Å². The number of nitrogens with one attached hydrogen (secondary N) is 1. The highest BCUT2D eigenvalue weighted by Crippen LogP contribution is 2.61. The first-order valence-corrected chi connectivity index (χ1v) is 15.5. The van der Waals surface area contributed by atoms with E-state index < -0.39 is 49.4 Å². The van der Waals surface area contributed by atoms with Crippen molar-refractivity contribution in [3.63, 3.8) is 0 Å². The highest BCUT2D eigenvalue weighted by Gasteiger charge is 2.62. The number of imidazole rings is 1. The number of H-pyrrole nitrogens is 1. The maximum atomic E-state index is 14.7. The Morgan fingerprint density at radius 2 is 1.68 bits per heavy atom. The molecule has 1 aliphatic rings. The zero-order valence-electron chi connectivity index (χ0n) is 22.9. The van der Waals surface area contributed by atoms with Gasteiger partial charge in [0.1, 0.15) is 35.2 Å². The zero-order valence-corrected chi connectivity index (χ0v) is 24.6. The third-order valence-electron chi connectivity index (χ3n) is 6.56. The van der Waals surface area contributed by atoms with Gasteiger partial charge in [0.05, 0.1) is 27.2 Å². The van der Waals surface area contributed by atoms with Crippen LogP contribution >= 0.6 is 18.5 Å². The van der Waals surface area contributed by atoms with E-state index in [1.54, 1.807) is 12.1 Å². The van der Waals surface area contributed by atoms with Gasteiger partial charge in [-0.1, -0.05) is 0 Å². The molecule has 0 bridgehead atoms. The van der Waals surface area contributed by atoms with Gasteiger partial charge >= 0.3 is 6.80 Å². The normalized spacial score (nSPS) is 23.0. The van der Waals surface area contributed by atoms with E-state index >= 15 is 0 Å². The summed E-state index contributed by atoms with van der Waals surface area (Å²) in [6.45, 7) is -5.78. The Morgan fingerprint density at radius 3 is 2.27 bits per heavy atom. The number of aromatic amines is 1. The van der Waals surface area contributed by atoms with Crippen molar-refractivity contribution in [2.45, 2.75) is 30.5 Å². The number of ether oxygens (including phenoxy) is 3. The number of benzene rings is 2. The van der Waals surface area contributed by atoms with Crippen LogP contribution < -0.4 is 29.5 Å². The molecule has 5 atom stereocenters. The molecular weight excluding hydrogens is 631 g/mol. The average Bonchev–Trinajstić information content (AvgIpc) is 3.54. The third kappa shape index (κ3) is 6.17. The van der Waals surface area contributed by atoms with Crippen molar-refractivity contribution in [1.82, 2.24) is 19.5 Å². The van der Waals surface area contributed by atoms with Crippen molar-refractivity contribution in [2.24, 2.45) is 0 Å². The lowest BCUT2D eigenvalue weighted by molar-refractivity contribution is -0.191. The lowest BCUT2D eigenvalue weighted by Crippen LogP contribution is -2.52. The minimum absolute atomic E-state index is 0.00984. The molecule has 5 rings (SSSR count). The number of rotatable bonds is 12. The average molecular weight is 658 g/mol. The number of aliphatic hydroxyl groups excluding tert-OH is 2. The molecular formula is C25H26F2N5O10PS. The van der Waals surface area contributed by atoms with Gasteiger partial charge < -0.3 is 38.9 Å². The van der Waals surface area contributed by atoms with Crippen molar-refractivity contribution in [1.29, 1.82) is 0 Å². The molecule has 1 unspecified atom stereocenters. The van der Waals surface area contributed by atoms with Crippen LogP contribution in [-0.2, 0) is 13.8 Å². The number of anilines is 1. The molecule has 15 nitrogen and oxygen atoms in total. The Morgan fingerprint density at radius 1 is 1.09 bits per heavy atom. The van der Waals surface area contributed by atoms with E-state index in [9.17, 15) is 28.4 Å². The van der Waals surface area contributed by atoms with Crippen LogP contribution in [0.1, 0.15) is 6.23 Å². The lowest BCUT2D eigenvalue weighted by atomic mass is 9.96. The second-order valence-electron chi connectivity index (χ2n) is 9.30. The second-order valence-corrected chi connectivity index (χ2v) is 12.7. The maximum absolute atomic E-state index is 14.7. The van der Waals surface area contributed by atoms with E-state index in [2.05, 4.69) is 15.0 Å². The molecule has 1 saturated heterocycles. The number of nitrogens with two attached hydrogens (primary N) is 1. The number of nitrogen functional groups attached to an aromatic ring is 1. The summed E-state index contributed by atoms with van der Waals surface area (Å²) in [7, 11) is 2.91. The van der Waals surface area contributed by atoms with Crippen molar-refractivity contribution < 1.29 is 51.0 Å². The summed E-state index contributed by atoms with van der Waals surface area (Å²) in [5, 5.41) is 21.7. The van der Waals surface area contributed by atoms with Gasteiger partial charge in [-0.15, -0.1) is 0 Å². The second kappa shape index (κ2) is 12.6. The molecule has 1 fully saturated rings. The number of aliphatic hydroxyl groups is 2. The first-order chi connectivity index (χ1) is 21.0. The number of fused-ring (bicyclic) bond motifs is 1. The SMILES string of the molecule is COc1ccc(OSP(=O)(OC[C@@]2(C(F)F)O[C@@H](n3cnc4c(=O)[nH]c(N)nc43)[C@H](O)[C@@H]2O)Oc2ccc(OC)cc2)cc1. The first kappa shape index (κ1) is 31.5. The van der Waals surface area contributed by atoms with Crippen LogP contribution in [0.15, 0.2) is 59.7 Å². The van der Waals surface area contributed by atoms with Gasteiger partial charge in [-0.25, -0.2) is 18.3 Å². The minimum Gasteiger partial charge on any atom is -0.497 e. The summed E-state index contributed by atoms with van der Waals surface area (Å²) in [5.74, 6) is 0.869. The van der Waals surface area contributed by atoms with Crippen LogP contribution in [-0.4, -0.2) is 74.8 Å². The smallest absolute Gasteiger partial charge is 0.478 e. The molecule has 0 spiro atoms. The van der Waals surface area contributed by atoms with Crippen molar-refractivity contribution in [2.75, 3.05) is 26.6 Å². The van der Waals surface area contributed by atoms with Gasteiger partial charge in [-0.2, -0.15) is 4.98 Å². The van der Waals surface area contributed by atoms with Gasteiger partial charge in [0.25, 0.3) is 12.0 Å². The molecule has 3 heterocycles. The van der Waals surface area contributed by atoms with Crippen LogP contribution in [0, 0.1) is 0 Å². The van der Waals surface area contributed by atoms with E-state index in [4.69, 9.17) is 33.2 Å². The molecule has 19 heteroatoms. The predicted octanol–water partition coefficient (Wildman–Crippen LogP) is 2.90. The van der Waals surface area contributed by atoms with Gasteiger partial charge in [0, 0.05) is 0 Å². The fraction of sp³-hybridized carbons (Fsp3) is 0.320. The van der Waals surface area contributed by atoms with Crippen LogP contribution in [0.5, 0.6) is 23.0 Å². The Hall–Kier alpha value is -3.93. The summed E-state index contributed by atoms with van der Waals surface area (Å²) >= 11 is 0.212. The van der Waals surface area contributed by atoms with E-state index in [0.717, 1.165) is 10.9 Å². The fourth-order valence-electron chi connectivity index (χ4n) is 4.25. The van der Waals surface area contributed by atoms with Gasteiger partial charge in [-0.3, -0.25) is 18.9 Å². The third-order valence-corrected chi connectivity index (χ3v) is 9.20. The predicted molar refractivity (Wildman–Crippen MR) is 152 cm³/mol. The number of hydrogen-bond acceptors (Lipinski definition) is 14. The highest BCUT2D eigenvalue weighted by molar-refractivity contribution is 8.52. The molecule has 0 saturated carbocycles. The number of nitrogens with zero attached hydrogens (tertiary/aromatic N) is 3. The largest absolute Gasteiger partial charge is 0.497 e. The Labute approximate surface area is 251 Å². The summed E-state index contributed by atoms with van der Waals surface area (Å²) in [6, 6.07) is 11.9. The van der Waals surface area contributed by atoms with Crippen LogP contribution in [0.2, 0.25) is 0 Å². The van der Waals surface area contributed by atoms with Crippen molar-refractivity contribution >= 4 is 35.6 Å². The van der Waals surface area contributed by atoms with Crippen LogP contribution in [0.4, 0.5) is 14.7 Å². The molecule has 0 aliphatic carbocycles. The molecule has 44 heavy (non-hydrogen) atoms. The number of alkyl halides is 2. The van der Waals surface area contributed by atoms with Gasteiger partial charge in [0.2, 0.25) is 5.95 Å². The molecule has 0 amide bonds. The first-order valence-electron chi connectivity index (χ1n) is 12.6. The number of halogens is 2. The molecule has 0 radical (unpaired) electrons. The molecule has 2 aromatic carbocycles. The topological polar surface area (TPSA) is 202 Å². The van der Waals surface area contributed by atoms with E-state index in [1.807, 2.05) is 0 Å². The Kier molecular flexibility index (Phi) is 9.01. The molecule has 236 valence electrons. The Balaban J connectivity index is 1.42. The number of aromatic nitrogens is 4. The monoisotopic (exact) mass is 657 g/mol. The van der Waals surface area contributed by atoms with Gasteiger partial charge in [0.15, 0.2) is 34.7 Å². The molecule has 1 aliphatic heterocycles. The van der Waals surface area contributed by atoms with Crippen LogP contribution in [0.3, 0.4) is 0 Å². The van der Waals surface area contributed by atoms with Crippen molar-refractivity contribution in [3.05, 3.63) is 65.2 Å². The zero-order chi connectivity index (χ0) is 31.6. The quantitative estimate of drug-likeness (QED) is 0.128. The van der Waals surface area contributed by atoms with Crippen LogP contribution in [0.25, 0.3) is 11.2 Å². The molecule has 5 N–H and O–H groups in total. The standard InChI is InChI=1S/C25H26F2N5O10PS/c1-37-13-3-7-15(8-4-13)41-43(36,44-42-16-9-5-14(38-2)6-10-16)39-11-25(23(26)27)19(34)18(33)22(40-25)32-12-29-17-20(32)30-24(28)31-21(17)35/h3-10,12,18-19,22-23,33-34H,11H2,1-2H3,(H3,28,30,31,35)/t18-,19+,22-,25-,43?/m1/s1.